The molecule has 0 unspecified atom stereocenters. The first-order chi connectivity index (χ1) is 10.6. The van der Waals surface area contributed by atoms with Gasteiger partial charge in [-0.25, -0.2) is 4.98 Å². The SMILES string of the molecule is Cc1ccc(NC(=O)CSCC(=O)Nc2ccccn2)cc1. The smallest absolute Gasteiger partial charge is 0.235 e. The minimum atomic E-state index is -0.174. The van der Waals surface area contributed by atoms with Crippen molar-refractivity contribution in [1.29, 1.82) is 0 Å². The first-order valence-corrected chi connectivity index (χ1v) is 7.94. The van der Waals surface area contributed by atoms with Gasteiger partial charge in [-0.05, 0) is 31.2 Å². The maximum Gasteiger partial charge on any atom is 0.235 e. The van der Waals surface area contributed by atoms with Gasteiger partial charge in [-0.15, -0.1) is 11.8 Å². The van der Waals surface area contributed by atoms with E-state index in [1.165, 1.54) is 11.8 Å². The highest BCUT2D eigenvalue weighted by molar-refractivity contribution is 8.00. The molecule has 5 nitrogen and oxygen atoms in total. The molecule has 1 aromatic carbocycles. The number of amides is 2. The van der Waals surface area contributed by atoms with Gasteiger partial charge in [-0.1, -0.05) is 23.8 Å². The molecule has 2 amide bonds. The lowest BCUT2D eigenvalue weighted by atomic mass is 10.2. The van der Waals surface area contributed by atoms with Crippen LogP contribution in [0, 0.1) is 6.92 Å². The van der Waals surface area contributed by atoms with E-state index in [1.54, 1.807) is 24.4 Å². The van der Waals surface area contributed by atoms with Crippen molar-refractivity contribution >= 4 is 35.1 Å². The van der Waals surface area contributed by atoms with Crippen LogP contribution in [0.3, 0.4) is 0 Å². The molecule has 1 heterocycles. The summed E-state index contributed by atoms with van der Waals surface area (Å²) >= 11 is 1.26. The van der Waals surface area contributed by atoms with Crippen LogP contribution in [0.15, 0.2) is 48.7 Å². The zero-order chi connectivity index (χ0) is 15.8. The lowest BCUT2D eigenvalue weighted by Gasteiger charge is -2.06. The number of carbonyl (C=O) groups excluding carboxylic acids is 2. The van der Waals surface area contributed by atoms with Crippen molar-refractivity contribution in [3.05, 3.63) is 54.2 Å². The molecule has 114 valence electrons. The topological polar surface area (TPSA) is 71.1 Å². The Balaban J connectivity index is 1.68. The Bertz CT molecular complexity index is 630. The van der Waals surface area contributed by atoms with Gasteiger partial charge in [0.2, 0.25) is 11.8 Å². The summed E-state index contributed by atoms with van der Waals surface area (Å²) < 4.78 is 0. The van der Waals surface area contributed by atoms with E-state index >= 15 is 0 Å². The number of nitrogens with zero attached hydrogens (tertiary/aromatic N) is 1. The van der Waals surface area contributed by atoms with Gasteiger partial charge < -0.3 is 10.6 Å². The standard InChI is InChI=1S/C16H17N3O2S/c1-12-5-7-13(8-6-12)18-15(20)10-22-11-16(21)19-14-4-2-3-9-17-14/h2-9H,10-11H2,1H3,(H,18,20)(H,17,19,21). The van der Waals surface area contributed by atoms with Crippen molar-refractivity contribution in [2.45, 2.75) is 6.92 Å². The van der Waals surface area contributed by atoms with Gasteiger partial charge in [0.15, 0.2) is 0 Å². The molecule has 0 spiro atoms. The maximum atomic E-state index is 11.8. The quantitative estimate of drug-likeness (QED) is 0.860. The monoisotopic (exact) mass is 315 g/mol. The van der Waals surface area contributed by atoms with E-state index in [-0.39, 0.29) is 23.3 Å². The molecule has 1 aromatic heterocycles. The maximum absolute atomic E-state index is 11.8. The van der Waals surface area contributed by atoms with Gasteiger partial charge in [0.05, 0.1) is 11.5 Å². The van der Waals surface area contributed by atoms with E-state index in [0.717, 1.165) is 11.3 Å². The lowest BCUT2D eigenvalue weighted by molar-refractivity contribution is -0.114. The normalized spacial score (nSPS) is 10.0. The van der Waals surface area contributed by atoms with E-state index < -0.39 is 0 Å². The second-order valence-electron chi connectivity index (χ2n) is 4.67. The van der Waals surface area contributed by atoms with Crippen molar-refractivity contribution < 1.29 is 9.59 Å². The van der Waals surface area contributed by atoms with Crippen LogP contribution in [-0.4, -0.2) is 28.3 Å². The average molecular weight is 315 g/mol. The van der Waals surface area contributed by atoms with Crippen LogP contribution in [-0.2, 0) is 9.59 Å². The Morgan fingerprint density at radius 1 is 1.00 bits per heavy atom. The number of carbonyl (C=O) groups is 2. The molecule has 0 aliphatic carbocycles. The summed E-state index contributed by atoms with van der Waals surface area (Å²) in [4.78, 5) is 27.5. The number of hydrogen-bond donors (Lipinski definition) is 2. The Hall–Kier alpha value is -2.34. The Morgan fingerprint density at radius 2 is 1.68 bits per heavy atom. The third-order valence-electron chi connectivity index (χ3n) is 2.73. The van der Waals surface area contributed by atoms with Gasteiger partial charge in [0.25, 0.3) is 0 Å². The number of aromatic nitrogens is 1. The van der Waals surface area contributed by atoms with Gasteiger partial charge in [-0.2, -0.15) is 0 Å². The number of rotatable bonds is 6. The van der Waals surface area contributed by atoms with Crippen molar-refractivity contribution in [3.63, 3.8) is 0 Å². The van der Waals surface area contributed by atoms with Crippen LogP contribution in [0.1, 0.15) is 5.56 Å². The number of pyridine rings is 1. The van der Waals surface area contributed by atoms with Crippen LogP contribution in [0.5, 0.6) is 0 Å². The fraction of sp³-hybridized carbons (Fsp3) is 0.188. The Kier molecular flexibility index (Phi) is 5.97. The molecule has 2 rings (SSSR count). The predicted octanol–water partition coefficient (Wildman–Crippen LogP) is 2.70. The molecule has 2 aromatic rings. The van der Waals surface area contributed by atoms with Crippen LogP contribution in [0.4, 0.5) is 11.5 Å². The van der Waals surface area contributed by atoms with E-state index in [9.17, 15) is 9.59 Å². The number of thioether (sulfide) groups is 1. The number of benzene rings is 1. The minimum absolute atomic E-state index is 0.125. The zero-order valence-corrected chi connectivity index (χ0v) is 13.0. The molecular weight excluding hydrogens is 298 g/mol. The first-order valence-electron chi connectivity index (χ1n) is 6.78. The molecule has 0 radical (unpaired) electrons. The van der Waals surface area contributed by atoms with Crippen molar-refractivity contribution in [1.82, 2.24) is 4.98 Å². The second kappa shape index (κ2) is 8.19. The van der Waals surface area contributed by atoms with E-state index in [1.807, 2.05) is 31.2 Å². The van der Waals surface area contributed by atoms with Gasteiger partial charge in [0, 0.05) is 11.9 Å². The summed E-state index contributed by atoms with van der Waals surface area (Å²) in [5.41, 5.74) is 1.90. The molecule has 0 bridgehead atoms. The Labute approximate surface area is 133 Å². The van der Waals surface area contributed by atoms with E-state index in [2.05, 4.69) is 15.6 Å². The number of nitrogens with one attached hydrogen (secondary N) is 2. The molecule has 0 aliphatic rings. The van der Waals surface area contributed by atoms with Crippen molar-refractivity contribution in [2.75, 3.05) is 22.1 Å². The fourth-order valence-electron chi connectivity index (χ4n) is 1.69. The summed E-state index contributed by atoms with van der Waals surface area (Å²) in [7, 11) is 0. The van der Waals surface area contributed by atoms with Crippen molar-refractivity contribution in [3.8, 4) is 0 Å². The molecule has 2 N–H and O–H groups in total. The molecule has 0 saturated heterocycles. The van der Waals surface area contributed by atoms with Gasteiger partial charge in [0.1, 0.15) is 5.82 Å². The van der Waals surface area contributed by atoms with Crippen molar-refractivity contribution in [2.24, 2.45) is 0 Å². The number of anilines is 2. The van der Waals surface area contributed by atoms with Crippen LogP contribution in [0.2, 0.25) is 0 Å². The summed E-state index contributed by atoms with van der Waals surface area (Å²) in [5, 5.41) is 5.46. The number of hydrogen-bond acceptors (Lipinski definition) is 4. The largest absolute Gasteiger partial charge is 0.325 e. The molecule has 0 aliphatic heterocycles. The summed E-state index contributed by atoms with van der Waals surface area (Å²) in [6, 6.07) is 12.9. The molecular formula is C16H17N3O2S. The number of aryl methyl sites for hydroxylation is 1. The Morgan fingerprint density at radius 3 is 2.32 bits per heavy atom. The zero-order valence-electron chi connectivity index (χ0n) is 12.2. The first kappa shape index (κ1) is 16.0. The highest BCUT2D eigenvalue weighted by Gasteiger charge is 2.06. The van der Waals surface area contributed by atoms with Crippen LogP contribution in [0.25, 0.3) is 0 Å². The van der Waals surface area contributed by atoms with E-state index in [0.29, 0.717) is 5.82 Å². The van der Waals surface area contributed by atoms with Gasteiger partial charge >= 0.3 is 0 Å². The molecule has 0 fully saturated rings. The molecule has 22 heavy (non-hydrogen) atoms. The van der Waals surface area contributed by atoms with Gasteiger partial charge in [-0.3, -0.25) is 9.59 Å². The highest BCUT2D eigenvalue weighted by atomic mass is 32.2. The molecule has 0 atom stereocenters. The third kappa shape index (κ3) is 5.57. The second-order valence-corrected chi connectivity index (χ2v) is 5.66. The minimum Gasteiger partial charge on any atom is -0.325 e. The average Bonchev–Trinajstić information content (AvgIpc) is 2.50. The van der Waals surface area contributed by atoms with Crippen LogP contribution < -0.4 is 10.6 Å². The lowest BCUT2D eigenvalue weighted by Crippen LogP contribution is -2.18. The van der Waals surface area contributed by atoms with E-state index in [4.69, 9.17) is 0 Å². The van der Waals surface area contributed by atoms with Crippen LogP contribution >= 0.6 is 11.8 Å². The predicted molar refractivity (Wildman–Crippen MR) is 90.0 cm³/mol. The molecule has 6 heteroatoms. The third-order valence-corrected chi connectivity index (χ3v) is 3.67. The summed E-state index contributed by atoms with van der Waals surface area (Å²) in [5.74, 6) is 0.644. The summed E-state index contributed by atoms with van der Waals surface area (Å²) in [6.45, 7) is 1.99. The summed E-state index contributed by atoms with van der Waals surface area (Å²) in [6.07, 6.45) is 1.61. The highest BCUT2D eigenvalue weighted by Crippen LogP contribution is 2.10. The fourth-order valence-corrected chi connectivity index (χ4v) is 2.30. The molecule has 0 saturated carbocycles.